The van der Waals surface area contributed by atoms with Crippen molar-refractivity contribution in [3.05, 3.63) is 82.8 Å². The van der Waals surface area contributed by atoms with Crippen molar-refractivity contribution in [3.63, 3.8) is 0 Å². The Labute approximate surface area is 162 Å². The molecular weight excluding hydrogens is 357 g/mol. The third-order valence-corrected chi connectivity index (χ3v) is 4.86. The number of amides is 1. The van der Waals surface area contributed by atoms with Crippen LogP contribution >= 0.6 is 0 Å². The Morgan fingerprint density at radius 3 is 2.68 bits per heavy atom. The van der Waals surface area contributed by atoms with Crippen molar-refractivity contribution >= 4 is 17.7 Å². The maximum atomic E-state index is 13.7. The van der Waals surface area contributed by atoms with Gasteiger partial charge in [0.1, 0.15) is 11.6 Å². The third-order valence-electron chi connectivity index (χ3n) is 4.86. The van der Waals surface area contributed by atoms with Crippen molar-refractivity contribution < 1.29 is 9.18 Å². The molecule has 7 heteroatoms. The van der Waals surface area contributed by atoms with Crippen LogP contribution in [0.1, 0.15) is 27.0 Å². The molecule has 1 aliphatic rings. The maximum absolute atomic E-state index is 13.7. The largest absolute Gasteiger partial charge is 0.383 e. The number of benzene rings is 2. The second-order valence-corrected chi connectivity index (χ2v) is 6.68. The zero-order chi connectivity index (χ0) is 19.5. The Kier molecular flexibility index (Phi) is 4.89. The summed E-state index contributed by atoms with van der Waals surface area (Å²) in [5, 5.41) is 2.66. The summed E-state index contributed by atoms with van der Waals surface area (Å²) in [5.41, 5.74) is 9.16. The van der Waals surface area contributed by atoms with Gasteiger partial charge in [0.2, 0.25) is 5.95 Å². The molecule has 0 fully saturated rings. The van der Waals surface area contributed by atoms with Crippen LogP contribution in [0.15, 0.2) is 54.7 Å². The first-order chi connectivity index (χ1) is 13.6. The van der Waals surface area contributed by atoms with Crippen LogP contribution in [0.3, 0.4) is 0 Å². The molecule has 0 bridgehead atoms. The van der Waals surface area contributed by atoms with Gasteiger partial charge in [-0.3, -0.25) is 4.79 Å². The zero-order valence-electron chi connectivity index (χ0n) is 15.2. The minimum Gasteiger partial charge on any atom is -0.383 e. The van der Waals surface area contributed by atoms with E-state index in [9.17, 15) is 9.18 Å². The number of anilines is 2. The van der Waals surface area contributed by atoms with E-state index < -0.39 is 5.91 Å². The van der Waals surface area contributed by atoms with Crippen LogP contribution in [-0.4, -0.2) is 22.4 Å². The van der Waals surface area contributed by atoms with Crippen molar-refractivity contribution in [3.8, 4) is 0 Å². The number of fused-ring (bicyclic) bond motifs is 1. The van der Waals surface area contributed by atoms with Gasteiger partial charge in [0, 0.05) is 31.4 Å². The number of aromatic nitrogens is 2. The van der Waals surface area contributed by atoms with Crippen molar-refractivity contribution in [1.29, 1.82) is 0 Å². The van der Waals surface area contributed by atoms with Gasteiger partial charge in [-0.25, -0.2) is 9.37 Å². The molecule has 142 valence electrons. The lowest BCUT2D eigenvalue weighted by Gasteiger charge is -2.29. The Morgan fingerprint density at radius 1 is 1.14 bits per heavy atom. The molecule has 28 heavy (non-hydrogen) atoms. The fraction of sp³-hybridized carbons (Fsp3) is 0.190. The Hall–Kier alpha value is -3.48. The van der Waals surface area contributed by atoms with Gasteiger partial charge in [-0.2, -0.15) is 4.98 Å². The summed E-state index contributed by atoms with van der Waals surface area (Å²) in [5.74, 6) is -0.198. The molecule has 4 rings (SSSR count). The molecule has 0 saturated carbocycles. The molecule has 2 aromatic carbocycles. The van der Waals surface area contributed by atoms with Crippen LogP contribution in [0.4, 0.5) is 16.2 Å². The number of nitrogens with two attached hydrogens (primary N) is 1. The van der Waals surface area contributed by atoms with E-state index in [1.807, 2.05) is 17.0 Å². The van der Waals surface area contributed by atoms with E-state index >= 15 is 0 Å². The quantitative estimate of drug-likeness (QED) is 0.730. The van der Waals surface area contributed by atoms with Crippen LogP contribution in [0, 0.1) is 5.82 Å². The first kappa shape index (κ1) is 17.9. The molecule has 3 N–H and O–H groups in total. The van der Waals surface area contributed by atoms with Crippen molar-refractivity contribution in [1.82, 2.24) is 15.3 Å². The van der Waals surface area contributed by atoms with E-state index in [1.54, 1.807) is 18.2 Å². The van der Waals surface area contributed by atoms with Crippen molar-refractivity contribution in [2.24, 2.45) is 0 Å². The van der Waals surface area contributed by atoms with Crippen molar-refractivity contribution in [2.75, 3.05) is 17.2 Å². The van der Waals surface area contributed by atoms with Gasteiger partial charge in [-0.05, 0) is 23.6 Å². The summed E-state index contributed by atoms with van der Waals surface area (Å²) in [6, 6.07) is 14.6. The topological polar surface area (TPSA) is 84.1 Å². The monoisotopic (exact) mass is 377 g/mol. The van der Waals surface area contributed by atoms with Crippen LogP contribution in [0.2, 0.25) is 0 Å². The predicted molar refractivity (Wildman–Crippen MR) is 105 cm³/mol. The number of halogens is 1. The summed E-state index contributed by atoms with van der Waals surface area (Å²) in [7, 11) is 0. The van der Waals surface area contributed by atoms with Gasteiger partial charge >= 0.3 is 0 Å². The predicted octanol–water partition coefficient (Wildman–Crippen LogP) is 2.69. The molecule has 0 saturated heterocycles. The smallest absolute Gasteiger partial charge is 0.256 e. The highest BCUT2D eigenvalue weighted by Gasteiger charge is 2.20. The van der Waals surface area contributed by atoms with Gasteiger partial charge in [0.25, 0.3) is 5.91 Å². The van der Waals surface area contributed by atoms with Gasteiger partial charge in [-0.15, -0.1) is 0 Å². The number of nitrogen functional groups attached to an aromatic ring is 1. The SMILES string of the molecule is Nc1nc(N2CCc3ccccc3C2)ncc1C(=O)NCc1ccccc1F. The minimum absolute atomic E-state index is 0.0651. The lowest BCUT2D eigenvalue weighted by atomic mass is 10.0. The number of nitrogens with zero attached hydrogens (tertiary/aromatic N) is 3. The van der Waals surface area contributed by atoms with E-state index in [4.69, 9.17) is 5.73 Å². The summed E-state index contributed by atoms with van der Waals surface area (Å²) >= 11 is 0. The van der Waals surface area contributed by atoms with E-state index in [-0.39, 0.29) is 23.7 Å². The number of carbonyl (C=O) groups is 1. The maximum Gasteiger partial charge on any atom is 0.256 e. The Bertz CT molecular complexity index is 1020. The number of nitrogens with one attached hydrogen (secondary N) is 1. The highest BCUT2D eigenvalue weighted by Crippen LogP contribution is 2.23. The lowest BCUT2D eigenvalue weighted by Crippen LogP contribution is -2.32. The normalized spacial score (nSPS) is 13.1. The van der Waals surface area contributed by atoms with E-state index in [2.05, 4.69) is 27.4 Å². The lowest BCUT2D eigenvalue weighted by molar-refractivity contribution is 0.0951. The number of carbonyl (C=O) groups excluding carboxylic acids is 1. The standard InChI is InChI=1S/C21H20FN5O/c22-18-8-4-3-6-15(18)11-24-20(28)17-12-25-21(26-19(17)23)27-10-9-14-5-1-2-7-16(14)13-27/h1-8,12H,9-11,13H2,(H,24,28)(H2,23,25,26). The van der Waals surface area contributed by atoms with Gasteiger partial charge in [-0.1, -0.05) is 42.5 Å². The van der Waals surface area contributed by atoms with E-state index in [1.165, 1.54) is 23.4 Å². The second-order valence-electron chi connectivity index (χ2n) is 6.68. The van der Waals surface area contributed by atoms with Gasteiger partial charge < -0.3 is 16.0 Å². The Morgan fingerprint density at radius 2 is 1.89 bits per heavy atom. The molecule has 3 aromatic rings. The van der Waals surface area contributed by atoms with Crippen LogP contribution in [-0.2, 0) is 19.5 Å². The average Bonchev–Trinajstić information content (AvgIpc) is 2.72. The Balaban J connectivity index is 1.46. The molecule has 1 aromatic heterocycles. The van der Waals surface area contributed by atoms with Crippen LogP contribution < -0.4 is 16.0 Å². The number of rotatable bonds is 4. The molecule has 6 nitrogen and oxygen atoms in total. The molecule has 1 amide bonds. The van der Waals surface area contributed by atoms with E-state index in [0.29, 0.717) is 18.1 Å². The summed E-state index contributed by atoms with van der Waals surface area (Å²) < 4.78 is 13.7. The summed E-state index contributed by atoms with van der Waals surface area (Å²) in [6.07, 6.45) is 2.33. The molecule has 0 atom stereocenters. The molecule has 0 spiro atoms. The van der Waals surface area contributed by atoms with Crippen molar-refractivity contribution in [2.45, 2.75) is 19.5 Å². The van der Waals surface area contributed by atoms with Gasteiger partial charge in [0.05, 0.1) is 5.56 Å². The highest BCUT2D eigenvalue weighted by molar-refractivity contribution is 5.98. The average molecular weight is 377 g/mol. The molecule has 1 aliphatic heterocycles. The number of hydrogen-bond acceptors (Lipinski definition) is 5. The molecule has 0 radical (unpaired) electrons. The zero-order valence-corrected chi connectivity index (χ0v) is 15.2. The first-order valence-electron chi connectivity index (χ1n) is 9.07. The molecule has 0 unspecified atom stereocenters. The van der Waals surface area contributed by atoms with E-state index in [0.717, 1.165) is 13.0 Å². The van der Waals surface area contributed by atoms with Crippen LogP contribution in [0.5, 0.6) is 0 Å². The third kappa shape index (κ3) is 3.64. The molecule has 0 aliphatic carbocycles. The second kappa shape index (κ2) is 7.64. The fourth-order valence-electron chi connectivity index (χ4n) is 3.29. The number of hydrogen-bond donors (Lipinski definition) is 2. The van der Waals surface area contributed by atoms with Crippen LogP contribution in [0.25, 0.3) is 0 Å². The first-order valence-corrected chi connectivity index (χ1v) is 9.07. The highest BCUT2D eigenvalue weighted by atomic mass is 19.1. The summed E-state index contributed by atoms with van der Waals surface area (Å²) in [6.45, 7) is 1.55. The molecule has 2 heterocycles. The molecular formula is C21H20FN5O. The fourth-order valence-corrected chi connectivity index (χ4v) is 3.29. The van der Waals surface area contributed by atoms with Gasteiger partial charge in [0.15, 0.2) is 0 Å². The minimum atomic E-state index is -0.434. The summed E-state index contributed by atoms with van der Waals surface area (Å²) in [4.78, 5) is 23.1.